The second-order valence-electron chi connectivity index (χ2n) is 7.35. The molecule has 0 aromatic rings. The number of carbonyl (C=O) groups is 4. The Morgan fingerprint density at radius 3 is 2.41 bits per heavy atom. The summed E-state index contributed by atoms with van der Waals surface area (Å²) in [6.07, 6.45) is 20.9. The molecule has 0 aromatic carbocycles. The number of carbonyl (C=O) groups excluding carboxylic acids is 4. The Morgan fingerprint density at radius 2 is 1.62 bits per heavy atom. The van der Waals surface area contributed by atoms with Crippen LogP contribution in [-0.2, 0) is 19.2 Å². The third-order valence-electron chi connectivity index (χ3n) is 4.78. The van der Waals surface area contributed by atoms with E-state index in [1.165, 1.54) is 19.1 Å². The summed E-state index contributed by atoms with van der Waals surface area (Å²) >= 11 is 0. The van der Waals surface area contributed by atoms with Crippen LogP contribution in [0.2, 0.25) is 0 Å². The van der Waals surface area contributed by atoms with Gasteiger partial charge in [-0.25, -0.2) is 0 Å². The average molecular weight is 395 g/mol. The minimum Gasteiger partial charge on any atom is -0.298 e. The normalized spacial score (nSPS) is 19.9. The number of hydrogen-bond donors (Lipinski definition) is 0. The van der Waals surface area contributed by atoms with Crippen LogP contribution in [0.25, 0.3) is 0 Å². The van der Waals surface area contributed by atoms with Gasteiger partial charge in [-0.15, -0.1) is 0 Å². The first-order valence-corrected chi connectivity index (χ1v) is 10.3. The highest BCUT2D eigenvalue weighted by atomic mass is 16.2. The summed E-state index contributed by atoms with van der Waals surface area (Å²) in [5, 5.41) is 0. The number of hydrogen-bond acceptors (Lipinski definition) is 4. The Morgan fingerprint density at radius 1 is 0.897 bits per heavy atom. The molecule has 0 saturated heterocycles. The molecule has 0 fully saturated rings. The molecule has 0 N–H and O–H groups in total. The van der Waals surface area contributed by atoms with E-state index in [0.29, 0.717) is 12.0 Å². The molecule has 0 radical (unpaired) electrons. The number of rotatable bonds is 2. The van der Waals surface area contributed by atoms with Crippen molar-refractivity contribution in [2.24, 2.45) is 0 Å². The first kappa shape index (κ1) is 22.5. The third kappa shape index (κ3) is 7.60. The molecule has 1 aliphatic carbocycles. The molecule has 0 saturated carbocycles. The fourth-order valence-corrected chi connectivity index (χ4v) is 3.30. The Bertz CT molecular complexity index is 796. The lowest BCUT2D eigenvalue weighted by Crippen LogP contribution is -2.38. The molecule has 2 bridgehead atoms. The number of Topliss-reactive ketones (excluding diaryl/α,β-unsaturated/α-hetero) is 2. The molecule has 1 aliphatic heterocycles. The standard InChI is InChI=1S/C24H29NO4/c1-19(26)18-25-22-17-21(27)16-20(24(22)29)14-12-10-8-6-4-2-3-5-7-9-11-13-15-23(25)28/h2-3,9,11,13,15-17H,4-8,10,12,14,18H2,1H3. The van der Waals surface area contributed by atoms with E-state index < -0.39 is 5.91 Å². The first-order valence-electron chi connectivity index (χ1n) is 10.3. The molecule has 5 nitrogen and oxygen atoms in total. The molecule has 29 heavy (non-hydrogen) atoms. The lowest BCUT2D eigenvalue weighted by Gasteiger charge is -2.24. The highest BCUT2D eigenvalue weighted by Crippen LogP contribution is 2.22. The van der Waals surface area contributed by atoms with Gasteiger partial charge in [0.25, 0.3) is 5.91 Å². The number of amides is 1. The van der Waals surface area contributed by atoms with E-state index in [9.17, 15) is 19.2 Å². The minimum atomic E-state index is -0.490. The topological polar surface area (TPSA) is 71.5 Å². The van der Waals surface area contributed by atoms with Gasteiger partial charge in [0.15, 0.2) is 5.78 Å². The molecule has 0 unspecified atom stereocenters. The van der Waals surface area contributed by atoms with E-state index in [1.807, 2.05) is 6.08 Å². The van der Waals surface area contributed by atoms with Crippen molar-refractivity contribution in [1.29, 1.82) is 0 Å². The van der Waals surface area contributed by atoms with Crippen LogP contribution in [0.5, 0.6) is 0 Å². The number of nitrogens with zero attached hydrogens (tertiary/aromatic N) is 1. The Hall–Kier alpha value is -2.82. The second-order valence-corrected chi connectivity index (χ2v) is 7.35. The summed E-state index contributed by atoms with van der Waals surface area (Å²) < 4.78 is 0. The molecule has 154 valence electrons. The van der Waals surface area contributed by atoms with Crippen molar-refractivity contribution >= 4 is 23.3 Å². The van der Waals surface area contributed by atoms with Crippen LogP contribution in [0, 0.1) is 0 Å². The fourth-order valence-electron chi connectivity index (χ4n) is 3.30. The molecule has 5 heteroatoms. The van der Waals surface area contributed by atoms with Crippen molar-refractivity contribution in [2.75, 3.05) is 6.54 Å². The molecule has 1 heterocycles. The molecular weight excluding hydrogens is 366 g/mol. The van der Waals surface area contributed by atoms with Gasteiger partial charge < -0.3 is 0 Å². The van der Waals surface area contributed by atoms with E-state index in [0.717, 1.165) is 55.9 Å². The molecular formula is C24H29NO4. The summed E-state index contributed by atoms with van der Waals surface area (Å²) in [7, 11) is 0. The van der Waals surface area contributed by atoms with Crippen molar-refractivity contribution in [3.63, 3.8) is 0 Å². The summed E-state index contributed by atoms with van der Waals surface area (Å²) in [5.41, 5.74) is 0.402. The minimum absolute atomic E-state index is 0.0107. The first-order chi connectivity index (χ1) is 14.0. The van der Waals surface area contributed by atoms with Crippen molar-refractivity contribution in [1.82, 2.24) is 4.90 Å². The SMILES string of the molecule is CC(=O)CN1C(=O)C=CC=CCCC=CCCCCCCC2=CC(=O)C=C1C2=O. The van der Waals surface area contributed by atoms with Crippen molar-refractivity contribution in [3.05, 3.63) is 59.9 Å². The Labute approximate surface area is 172 Å². The van der Waals surface area contributed by atoms with Crippen LogP contribution in [0.3, 0.4) is 0 Å². The highest BCUT2D eigenvalue weighted by Gasteiger charge is 2.29. The van der Waals surface area contributed by atoms with Crippen LogP contribution >= 0.6 is 0 Å². The monoisotopic (exact) mass is 395 g/mol. The van der Waals surface area contributed by atoms with Gasteiger partial charge in [-0.05, 0) is 51.5 Å². The van der Waals surface area contributed by atoms with Crippen LogP contribution in [0.4, 0.5) is 0 Å². The van der Waals surface area contributed by atoms with E-state index >= 15 is 0 Å². The van der Waals surface area contributed by atoms with Gasteiger partial charge >= 0.3 is 0 Å². The van der Waals surface area contributed by atoms with E-state index in [1.54, 1.807) is 12.2 Å². The number of fused-ring (bicyclic) bond motifs is 2. The Kier molecular flexibility index (Phi) is 9.22. The Balaban J connectivity index is 2.26. The maximum absolute atomic E-state index is 12.9. The largest absolute Gasteiger partial charge is 0.298 e. The van der Waals surface area contributed by atoms with E-state index in [4.69, 9.17) is 0 Å². The molecule has 1 amide bonds. The number of allylic oxidation sites excluding steroid dienone is 8. The maximum Gasteiger partial charge on any atom is 0.251 e. The zero-order chi connectivity index (χ0) is 21.1. The van der Waals surface area contributed by atoms with Crippen molar-refractivity contribution < 1.29 is 19.2 Å². The van der Waals surface area contributed by atoms with Gasteiger partial charge in [0.1, 0.15) is 5.78 Å². The third-order valence-corrected chi connectivity index (χ3v) is 4.78. The smallest absolute Gasteiger partial charge is 0.251 e. The zero-order valence-corrected chi connectivity index (χ0v) is 17.1. The van der Waals surface area contributed by atoms with Crippen LogP contribution in [-0.4, -0.2) is 34.7 Å². The van der Waals surface area contributed by atoms with Crippen molar-refractivity contribution in [2.45, 2.75) is 58.3 Å². The van der Waals surface area contributed by atoms with Gasteiger partial charge in [0.05, 0.1) is 12.2 Å². The molecule has 0 spiro atoms. The van der Waals surface area contributed by atoms with Gasteiger partial charge in [-0.3, -0.25) is 24.1 Å². The average Bonchev–Trinajstić information content (AvgIpc) is 2.67. The van der Waals surface area contributed by atoms with E-state index in [-0.39, 0.29) is 29.6 Å². The molecule has 0 aromatic heterocycles. The summed E-state index contributed by atoms with van der Waals surface area (Å²) in [6, 6.07) is 0. The molecule has 2 rings (SSSR count). The molecule has 0 atom stereocenters. The van der Waals surface area contributed by atoms with Crippen LogP contribution < -0.4 is 0 Å². The highest BCUT2D eigenvalue weighted by molar-refractivity contribution is 6.21. The second kappa shape index (κ2) is 11.9. The fraction of sp³-hybridized carbons (Fsp3) is 0.417. The van der Waals surface area contributed by atoms with Gasteiger partial charge in [0, 0.05) is 17.7 Å². The van der Waals surface area contributed by atoms with Gasteiger partial charge in [0.2, 0.25) is 5.78 Å². The maximum atomic E-state index is 12.9. The van der Waals surface area contributed by atoms with Crippen LogP contribution in [0.1, 0.15) is 58.3 Å². The molecule has 2 aliphatic rings. The quantitative estimate of drug-likeness (QED) is 0.520. The summed E-state index contributed by atoms with van der Waals surface area (Å²) in [5.74, 6) is -1.42. The summed E-state index contributed by atoms with van der Waals surface area (Å²) in [6.45, 7) is 1.11. The van der Waals surface area contributed by atoms with Gasteiger partial charge in [-0.1, -0.05) is 43.2 Å². The number of ketones is 3. The zero-order valence-electron chi connectivity index (χ0n) is 17.1. The predicted octanol–water partition coefficient (Wildman–Crippen LogP) is 4.17. The lowest BCUT2D eigenvalue weighted by molar-refractivity contribution is -0.131. The lowest BCUT2D eigenvalue weighted by atomic mass is 9.94. The summed E-state index contributed by atoms with van der Waals surface area (Å²) in [4.78, 5) is 50.5. The van der Waals surface area contributed by atoms with E-state index in [2.05, 4.69) is 12.2 Å². The van der Waals surface area contributed by atoms with Crippen LogP contribution in [0.15, 0.2) is 59.9 Å². The van der Waals surface area contributed by atoms with Gasteiger partial charge in [-0.2, -0.15) is 0 Å². The van der Waals surface area contributed by atoms with Crippen molar-refractivity contribution in [3.8, 4) is 0 Å². The predicted molar refractivity (Wildman–Crippen MR) is 113 cm³/mol.